The van der Waals surface area contributed by atoms with Crippen LogP contribution < -0.4 is 5.32 Å². The molecule has 0 unspecified atom stereocenters. The lowest BCUT2D eigenvalue weighted by atomic mass is 9.77. The second-order valence-electron chi connectivity index (χ2n) is 5.25. The molecule has 0 aliphatic heterocycles. The van der Waals surface area contributed by atoms with Crippen LogP contribution in [0.25, 0.3) is 0 Å². The first kappa shape index (κ1) is 14.4. The van der Waals surface area contributed by atoms with Crippen molar-refractivity contribution in [2.45, 2.75) is 43.0 Å². The van der Waals surface area contributed by atoms with E-state index in [0.29, 0.717) is 6.42 Å². The predicted octanol–water partition coefficient (Wildman–Crippen LogP) is 2.51. The highest BCUT2D eigenvalue weighted by molar-refractivity contribution is 7.99. The van der Waals surface area contributed by atoms with Gasteiger partial charge in [-0.15, -0.1) is 11.8 Å². The van der Waals surface area contributed by atoms with Crippen LogP contribution in [0.2, 0.25) is 0 Å². The molecular weight excluding hydrogens is 258 g/mol. The molecule has 19 heavy (non-hydrogen) atoms. The Morgan fingerprint density at radius 1 is 1.37 bits per heavy atom. The van der Waals surface area contributed by atoms with Gasteiger partial charge in [0.2, 0.25) is 5.91 Å². The molecule has 1 amide bonds. The zero-order valence-corrected chi connectivity index (χ0v) is 12.1. The van der Waals surface area contributed by atoms with Crippen LogP contribution in [0.3, 0.4) is 0 Å². The van der Waals surface area contributed by atoms with Crippen molar-refractivity contribution < 1.29 is 9.90 Å². The van der Waals surface area contributed by atoms with Crippen molar-refractivity contribution in [2.24, 2.45) is 0 Å². The Hall–Kier alpha value is -1.00. The molecule has 0 bridgehead atoms. The van der Waals surface area contributed by atoms with E-state index < -0.39 is 0 Å². The average Bonchev–Trinajstić information content (AvgIpc) is 2.36. The van der Waals surface area contributed by atoms with Crippen LogP contribution in [0, 0.1) is 6.92 Å². The van der Waals surface area contributed by atoms with Crippen molar-refractivity contribution in [2.75, 3.05) is 12.4 Å². The fraction of sp³-hybridized carbons (Fsp3) is 0.533. The van der Waals surface area contributed by atoms with Gasteiger partial charge in [-0.05, 0) is 38.3 Å². The van der Waals surface area contributed by atoms with Crippen molar-refractivity contribution in [1.29, 1.82) is 0 Å². The molecule has 0 heterocycles. The van der Waals surface area contributed by atoms with E-state index in [2.05, 4.69) is 36.5 Å². The maximum absolute atomic E-state index is 11.8. The smallest absolute Gasteiger partial charge is 0.221 e. The lowest BCUT2D eigenvalue weighted by molar-refractivity contribution is -0.124. The third-order valence-electron chi connectivity index (χ3n) is 3.64. The summed E-state index contributed by atoms with van der Waals surface area (Å²) in [5.41, 5.74) is 0.933. The monoisotopic (exact) mass is 279 g/mol. The Balaban J connectivity index is 1.70. The first-order chi connectivity index (χ1) is 9.13. The van der Waals surface area contributed by atoms with Crippen molar-refractivity contribution in [3.63, 3.8) is 0 Å². The minimum atomic E-state index is -0.314. The summed E-state index contributed by atoms with van der Waals surface area (Å²) in [4.78, 5) is 13.0. The minimum Gasteiger partial charge on any atom is -0.394 e. The number of hydrogen-bond donors (Lipinski definition) is 2. The predicted molar refractivity (Wildman–Crippen MR) is 78.3 cm³/mol. The summed E-state index contributed by atoms with van der Waals surface area (Å²) in [6, 6.07) is 8.33. The molecule has 1 fully saturated rings. The van der Waals surface area contributed by atoms with Crippen LogP contribution in [-0.2, 0) is 4.79 Å². The minimum absolute atomic E-state index is 0.0494. The summed E-state index contributed by atoms with van der Waals surface area (Å²) in [5, 5.41) is 12.3. The number of aryl methyl sites for hydroxylation is 1. The Kier molecular flexibility index (Phi) is 4.88. The van der Waals surface area contributed by atoms with Crippen LogP contribution in [0.1, 0.15) is 31.2 Å². The van der Waals surface area contributed by atoms with E-state index in [4.69, 9.17) is 0 Å². The van der Waals surface area contributed by atoms with Crippen LogP contribution in [0.15, 0.2) is 29.2 Å². The number of carbonyl (C=O) groups excluding carboxylic acids is 1. The van der Waals surface area contributed by atoms with E-state index in [1.54, 1.807) is 11.8 Å². The van der Waals surface area contributed by atoms with E-state index in [1.807, 2.05) is 0 Å². The fourth-order valence-corrected chi connectivity index (χ4v) is 3.03. The van der Waals surface area contributed by atoms with Gasteiger partial charge in [-0.1, -0.05) is 17.7 Å². The maximum atomic E-state index is 11.8. The lowest BCUT2D eigenvalue weighted by Gasteiger charge is -2.41. The zero-order valence-electron chi connectivity index (χ0n) is 11.3. The largest absolute Gasteiger partial charge is 0.394 e. The number of thioether (sulfide) groups is 1. The van der Waals surface area contributed by atoms with Gasteiger partial charge in [0.1, 0.15) is 0 Å². The molecule has 0 radical (unpaired) electrons. The van der Waals surface area contributed by atoms with Gasteiger partial charge in [0.05, 0.1) is 12.1 Å². The molecule has 0 aromatic heterocycles. The molecule has 2 rings (SSSR count). The molecule has 1 aromatic rings. The molecule has 3 nitrogen and oxygen atoms in total. The second kappa shape index (κ2) is 6.44. The third-order valence-corrected chi connectivity index (χ3v) is 4.65. The molecule has 1 aromatic carbocycles. The summed E-state index contributed by atoms with van der Waals surface area (Å²) in [5.74, 6) is 0.824. The number of rotatable bonds is 6. The third kappa shape index (κ3) is 3.98. The first-order valence-electron chi connectivity index (χ1n) is 6.75. The summed E-state index contributed by atoms with van der Waals surface area (Å²) < 4.78 is 0. The molecule has 1 aliphatic carbocycles. The van der Waals surface area contributed by atoms with E-state index in [0.717, 1.165) is 25.0 Å². The van der Waals surface area contributed by atoms with Gasteiger partial charge < -0.3 is 10.4 Å². The number of hydrogen-bond acceptors (Lipinski definition) is 3. The van der Waals surface area contributed by atoms with Crippen LogP contribution in [-0.4, -0.2) is 28.9 Å². The van der Waals surface area contributed by atoms with Gasteiger partial charge in [0.15, 0.2) is 0 Å². The van der Waals surface area contributed by atoms with Gasteiger partial charge in [-0.2, -0.15) is 0 Å². The number of aliphatic hydroxyl groups is 1. The second-order valence-corrected chi connectivity index (χ2v) is 6.42. The molecule has 1 saturated carbocycles. The van der Waals surface area contributed by atoms with Crippen LogP contribution in [0.5, 0.6) is 0 Å². The molecule has 1 aliphatic rings. The molecule has 2 N–H and O–H groups in total. The number of benzene rings is 1. The van der Waals surface area contributed by atoms with Crippen molar-refractivity contribution in [3.8, 4) is 0 Å². The quantitative estimate of drug-likeness (QED) is 0.787. The SMILES string of the molecule is Cc1ccc(SCCC(=O)NC2(CO)CCC2)cc1. The van der Waals surface area contributed by atoms with Gasteiger partial charge >= 0.3 is 0 Å². The first-order valence-corrected chi connectivity index (χ1v) is 7.73. The van der Waals surface area contributed by atoms with E-state index in [-0.39, 0.29) is 18.1 Å². The highest BCUT2D eigenvalue weighted by Crippen LogP contribution is 2.31. The molecule has 0 saturated heterocycles. The van der Waals surface area contributed by atoms with E-state index >= 15 is 0 Å². The Labute approximate surface area is 118 Å². The Morgan fingerprint density at radius 3 is 2.58 bits per heavy atom. The molecule has 0 spiro atoms. The van der Waals surface area contributed by atoms with Crippen molar-refractivity contribution >= 4 is 17.7 Å². The normalized spacial score (nSPS) is 16.7. The van der Waals surface area contributed by atoms with Gasteiger partial charge in [-0.25, -0.2) is 0 Å². The van der Waals surface area contributed by atoms with Crippen LogP contribution >= 0.6 is 11.8 Å². The van der Waals surface area contributed by atoms with E-state index in [1.165, 1.54) is 10.5 Å². The standard InChI is InChI=1S/C15H21NO2S/c1-12-3-5-13(6-4-12)19-10-7-14(18)16-15(11-17)8-2-9-15/h3-6,17H,2,7-11H2,1H3,(H,16,18). The molecular formula is C15H21NO2S. The van der Waals surface area contributed by atoms with Gasteiger partial charge in [0, 0.05) is 17.1 Å². The molecule has 104 valence electrons. The molecule has 0 atom stereocenters. The lowest BCUT2D eigenvalue weighted by Crippen LogP contribution is -2.56. The summed E-state index contributed by atoms with van der Waals surface area (Å²) >= 11 is 1.69. The Bertz CT molecular complexity index is 421. The number of nitrogens with one attached hydrogen (secondary N) is 1. The number of aliphatic hydroxyl groups excluding tert-OH is 1. The Morgan fingerprint density at radius 2 is 2.05 bits per heavy atom. The van der Waals surface area contributed by atoms with E-state index in [9.17, 15) is 9.90 Å². The van der Waals surface area contributed by atoms with Crippen molar-refractivity contribution in [1.82, 2.24) is 5.32 Å². The number of carbonyl (C=O) groups is 1. The highest BCUT2D eigenvalue weighted by Gasteiger charge is 2.37. The topological polar surface area (TPSA) is 49.3 Å². The highest BCUT2D eigenvalue weighted by atomic mass is 32.2. The maximum Gasteiger partial charge on any atom is 0.221 e. The van der Waals surface area contributed by atoms with Crippen molar-refractivity contribution in [3.05, 3.63) is 29.8 Å². The van der Waals surface area contributed by atoms with Gasteiger partial charge in [-0.3, -0.25) is 4.79 Å². The summed E-state index contributed by atoms with van der Waals surface area (Å²) in [6.07, 6.45) is 3.40. The number of amides is 1. The summed E-state index contributed by atoms with van der Waals surface area (Å²) in [7, 11) is 0. The fourth-order valence-electron chi connectivity index (χ4n) is 2.18. The molecule has 4 heteroatoms. The zero-order chi connectivity index (χ0) is 13.7. The van der Waals surface area contributed by atoms with Gasteiger partial charge in [0.25, 0.3) is 0 Å². The summed E-state index contributed by atoms with van der Waals surface area (Å²) in [6.45, 7) is 2.12. The average molecular weight is 279 g/mol. The van der Waals surface area contributed by atoms with Crippen LogP contribution in [0.4, 0.5) is 0 Å².